The number of thioether (sulfide) groups is 1. The third-order valence-corrected chi connectivity index (χ3v) is 5.78. The van der Waals surface area contributed by atoms with Crippen LogP contribution >= 0.6 is 23.4 Å². The van der Waals surface area contributed by atoms with Gasteiger partial charge in [-0.2, -0.15) is 0 Å². The minimum Gasteiger partial charge on any atom is -0.309 e. The highest BCUT2D eigenvalue weighted by Crippen LogP contribution is 2.30. The van der Waals surface area contributed by atoms with Crippen molar-refractivity contribution in [3.8, 4) is 0 Å². The van der Waals surface area contributed by atoms with Crippen LogP contribution < -0.4 is 4.90 Å². The molecule has 0 aliphatic carbocycles. The number of benzene rings is 3. The van der Waals surface area contributed by atoms with Crippen LogP contribution in [0.2, 0.25) is 5.02 Å². The Labute approximate surface area is 174 Å². The normalized spacial score (nSPS) is 13.7. The maximum atomic E-state index is 12.9. The summed E-state index contributed by atoms with van der Waals surface area (Å²) in [5.74, 6) is 0.807. The Morgan fingerprint density at radius 2 is 1.68 bits per heavy atom. The van der Waals surface area contributed by atoms with Crippen LogP contribution in [0.4, 0.5) is 5.69 Å². The summed E-state index contributed by atoms with van der Waals surface area (Å²) in [5, 5.41) is 0.635. The van der Waals surface area contributed by atoms with Crippen molar-refractivity contribution in [1.82, 2.24) is 0 Å². The van der Waals surface area contributed by atoms with Gasteiger partial charge in [0.1, 0.15) is 6.54 Å². The van der Waals surface area contributed by atoms with Gasteiger partial charge < -0.3 is 4.90 Å². The second kappa shape index (κ2) is 8.63. The summed E-state index contributed by atoms with van der Waals surface area (Å²) in [4.78, 5) is 20.5. The van der Waals surface area contributed by atoms with Crippen LogP contribution in [0.1, 0.15) is 11.1 Å². The third-order valence-electron chi connectivity index (χ3n) is 4.55. The van der Waals surface area contributed by atoms with Gasteiger partial charge in [-0.05, 0) is 30.3 Å². The number of halogens is 1. The molecule has 3 nitrogen and oxygen atoms in total. The first-order valence-corrected chi connectivity index (χ1v) is 10.5. The van der Waals surface area contributed by atoms with E-state index in [2.05, 4.69) is 17.1 Å². The maximum absolute atomic E-state index is 12.9. The Hall–Kier alpha value is -2.56. The van der Waals surface area contributed by atoms with Gasteiger partial charge in [-0.1, -0.05) is 60.1 Å². The molecule has 1 heterocycles. The summed E-state index contributed by atoms with van der Waals surface area (Å²) < 4.78 is 0. The molecule has 0 unspecified atom stereocenters. The number of carbonyl (C=O) groups is 1. The molecule has 5 heteroatoms. The molecule has 0 spiro atoms. The third kappa shape index (κ3) is 4.13. The summed E-state index contributed by atoms with van der Waals surface area (Å²) in [6.07, 6.45) is 0. The molecule has 1 aliphatic rings. The lowest BCUT2D eigenvalue weighted by Gasteiger charge is -2.23. The van der Waals surface area contributed by atoms with Gasteiger partial charge in [0, 0.05) is 33.3 Å². The molecule has 1 amide bonds. The topological polar surface area (TPSA) is 32.7 Å². The number of benzodiazepines with no additional fused rings is 1. The molecular weight excluding hydrogens is 388 g/mol. The van der Waals surface area contributed by atoms with Gasteiger partial charge in [-0.25, -0.2) is 0 Å². The lowest BCUT2D eigenvalue weighted by atomic mass is 10.0. The van der Waals surface area contributed by atoms with Crippen molar-refractivity contribution in [3.63, 3.8) is 0 Å². The standard InChI is InChI=1S/C23H19ClN2OS/c24-18-11-12-21-20(15-18)23(17-7-3-1-4-8-17)25-16-22(27)26(21)13-14-28-19-9-5-2-6-10-19/h1-12,15H,13-14,16H2. The number of aliphatic imine (C=N–C) groups is 1. The number of carbonyl (C=O) groups excluding carboxylic acids is 1. The van der Waals surface area contributed by atoms with Crippen molar-refractivity contribution < 1.29 is 4.79 Å². The Morgan fingerprint density at radius 3 is 2.43 bits per heavy atom. The van der Waals surface area contributed by atoms with Crippen molar-refractivity contribution in [2.75, 3.05) is 23.7 Å². The van der Waals surface area contributed by atoms with Gasteiger partial charge >= 0.3 is 0 Å². The zero-order valence-electron chi connectivity index (χ0n) is 15.2. The van der Waals surface area contributed by atoms with Crippen LogP contribution in [0, 0.1) is 0 Å². The lowest BCUT2D eigenvalue weighted by Crippen LogP contribution is -2.34. The first-order valence-electron chi connectivity index (χ1n) is 9.10. The molecule has 0 bridgehead atoms. The van der Waals surface area contributed by atoms with Crippen LogP contribution in [0.5, 0.6) is 0 Å². The van der Waals surface area contributed by atoms with E-state index in [1.165, 1.54) is 4.90 Å². The molecule has 3 aromatic carbocycles. The summed E-state index contributed by atoms with van der Waals surface area (Å²) in [5.41, 5.74) is 3.56. The SMILES string of the molecule is O=C1CN=C(c2ccccc2)c2cc(Cl)ccc2N1CCSc1ccccc1. The molecule has 0 fully saturated rings. The van der Waals surface area contributed by atoms with Gasteiger partial charge in [0.25, 0.3) is 0 Å². The Kier molecular flexibility index (Phi) is 5.79. The summed E-state index contributed by atoms with van der Waals surface area (Å²) in [6, 6.07) is 25.8. The minimum absolute atomic E-state index is 0.00293. The average molecular weight is 407 g/mol. The van der Waals surface area contributed by atoms with Crippen LogP contribution in [0.3, 0.4) is 0 Å². The molecule has 0 aromatic heterocycles. The molecule has 0 atom stereocenters. The van der Waals surface area contributed by atoms with E-state index in [0.29, 0.717) is 11.6 Å². The number of hydrogen-bond donors (Lipinski definition) is 0. The van der Waals surface area contributed by atoms with Crippen LogP contribution in [0.15, 0.2) is 88.8 Å². The average Bonchev–Trinajstić information content (AvgIpc) is 2.86. The van der Waals surface area contributed by atoms with Gasteiger partial charge in [0.15, 0.2) is 0 Å². The van der Waals surface area contributed by atoms with Crippen molar-refractivity contribution in [3.05, 3.63) is 95.0 Å². The molecule has 0 N–H and O–H groups in total. The number of rotatable bonds is 5. The second-order valence-corrected chi connectivity index (χ2v) is 8.00. The number of nitrogens with zero attached hydrogens (tertiary/aromatic N) is 2. The maximum Gasteiger partial charge on any atom is 0.248 e. The van der Waals surface area contributed by atoms with E-state index in [4.69, 9.17) is 11.6 Å². The van der Waals surface area contributed by atoms with Gasteiger partial charge in [-0.3, -0.25) is 9.79 Å². The molecule has 0 saturated carbocycles. The van der Waals surface area contributed by atoms with Crippen molar-refractivity contribution >= 4 is 40.7 Å². The smallest absolute Gasteiger partial charge is 0.248 e. The fourth-order valence-corrected chi connectivity index (χ4v) is 4.28. The van der Waals surface area contributed by atoms with Gasteiger partial charge in [-0.15, -0.1) is 11.8 Å². The Balaban J connectivity index is 1.64. The first kappa shape index (κ1) is 18.8. The number of hydrogen-bond acceptors (Lipinski definition) is 3. The predicted molar refractivity (Wildman–Crippen MR) is 118 cm³/mol. The van der Waals surface area contributed by atoms with Crippen LogP contribution in [-0.2, 0) is 4.79 Å². The predicted octanol–water partition coefficient (Wildman–Crippen LogP) is 5.32. The number of fused-ring (bicyclic) bond motifs is 1. The van der Waals surface area contributed by atoms with Gasteiger partial charge in [0.2, 0.25) is 5.91 Å². The number of amides is 1. The van der Waals surface area contributed by atoms with E-state index in [9.17, 15) is 4.79 Å². The Bertz CT molecular complexity index is 1010. The summed E-state index contributed by atoms with van der Waals surface area (Å²) >= 11 is 8.03. The monoisotopic (exact) mass is 406 g/mol. The highest BCUT2D eigenvalue weighted by molar-refractivity contribution is 7.99. The quantitative estimate of drug-likeness (QED) is 0.537. The molecule has 4 rings (SSSR count). The first-order chi connectivity index (χ1) is 13.7. The van der Waals surface area contributed by atoms with E-state index in [1.54, 1.807) is 11.8 Å². The van der Waals surface area contributed by atoms with E-state index >= 15 is 0 Å². The minimum atomic E-state index is 0.00293. The fraction of sp³-hybridized carbons (Fsp3) is 0.130. The van der Waals surface area contributed by atoms with Crippen LogP contribution in [-0.4, -0.2) is 30.5 Å². The molecule has 0 radical (unpaired) electrons. The van der Waals surface area contributed by atoms with E-state index in [1.807, 2.05) is 71.6 Å². The largest absolute Gasteiger partial charge is 0.309 e. The van der Waals surface area contributed by atoms with E-state index in [-0.39, 0.29) is 12.5 Å². The summed E-state index contributed by atoms with van der Waals surface area (Å²) in [7, 11) is 0. The molecular formula is C23H19ClN2OS. The van der Waals surface area contributed by atoms with E-state index in [0.717, 1.165) is 28.3 Å². The van der Waals surface area contributed by atoms with Crippen LogP contribution in [0.25, 0.3) is 0 Å². The molecule has 140 valence electrons. The molecule has 1 aliphatic heterocycles. The molecule has 0 saturated heterocycles. The summed E-state index contributed by atoms with van der Waals surface area (Å²) in [6.45, 7) is 0.747. The highest BCUT2D eigenvalue weighted by Gasteiger charge is 2.25. The number of anilines is 1. The Morgan fingerprint density at radius 1 is 0.964 bits per heavy atom. The molecule has 3 aromatic rings. The van der Waals surface area contributed by atoms with Crippen molar-refractivity contribution in [1.29, 1.82) is 0 Å². The van der Waals surface area contributed by atoms with Gasteiger partial charge in [0.05, 0.1) is 11.4 Å². The van der Waals surface area contributed by atoms with E-state index < -0.39 is 0 Å². The lowest BCUT2D eigenvalue weighted by molar-refractivity contribution is -0.117. The zero-order valence-corrected chi connectivity index (χ0v) is 16.8. The second-order valence-electron chi connectivity index (χ2n) is 6.40. The highest BCUT2D eigenvalue weighted by atomic mass is 35.5. The fourth-order valence-electron chi connectivity index (χ4n) is 3.24. The molecule has 28 heavy (non-hydrogen) atoms. The van der Waals surface area contributed by atoms with Crippen molar-refractivity contribution in [2.45, 2.75) is 4.90 Å². The zero-order chi connectivity index (χ0) is 19.3. The van der Waals surface area contributed by atoms with Crippen molar-refractivity contribution in [2.24, 2.45) is 4.99 Å².